The van der Waals surface area contributed by atoms with Crippen LogP contribution in [0.2, 0.25) is 0 Å². The van der Waals surface area contributed by atoms with E-state index in [-0.39, 0.29) is 43.7 Å². The number of thiazole rings is 1. The Balaban J connectivity index is 1.29. The summed E-state index contributed by atoms with van der Waals surface area (Å²) in [6, 6.07) is 6.25. The Bertz CT molecular complexity index is 1220. The van der Waals surface area contributed by atoms with Crippen LogP contribution in [0, 0.1) is 12.3 Å². The van der Waals surface area contributed by atoms with Crippen LogP contribution < -0.4 is 16.0 Å². The number of piperazine rings is 1. The molecule has 3 atom stereocenters. The topological polar surface area (TPSA) is 136 Å². The van der Waals surface area contributed by atoms with Crippen molar-refractivity contribution >= 4 is 29.1 Å². The highest BCUT2D eigenvalue weighted by atomic mass is 32.1. The predicted molar refractivity (Wildman–Crippen MR) is 166 cm³/mol. The lowest BCUT2D eigenvalue weighted by Gasteiger charge is -2.35. The van der Waals surface area contributed by atoms with Gasteiger partial charge in [0.25, 0.3) is 0 Å². The number of hydrogen-bond acceptors (Lipinski definition) is 9. The Hall–Kier alpha value is -2.90. The second-order valence-corrected chi connectivity index (χ2v) is 13.3. The molecule has 2 saturated heterocycles. The summed E-state index contributed by atoms with van der Waals surface area (Å²) in [6.45, 7) is 13.5. The molecule has 43 heavy (non-hydrogen) atoms. The number of carbonyl (C=O) groups is 3. The Morgan fingerprint density at radius 2 is 1.88 bits per heavy atom. The summed E-state index contributed by atoms with van der Waals surface area (Å²) in [5.41, 5.74) is 4.19. The standard InChI is InChI=1S/C31H46N6O5S/c1-21-27(43-20-34-21)23-7-5-22(6-8-23)18-33-29(40)25-17-24(38)19-37(25)30(41)28(31(2,3)4)35-26(39)9-15-42-16-14-36-12-10-32-11-13-36/h5-8,20,24-25,28,32,38H,9-19H2,1-4H3,(H,33,40)(H,35,39)/t24-,25+,28-/m1/s1. The zero-order chi connectivity index (χ0) is 31.0. The first-order chi connectivity index (χ1) is 20.5. The smallest absolute Gasteiger partial charge is 0.246 e. The van der Waals surface area contributed by atoms with E-state index in [0.717, 1.165) is 54.4 Å². The molecular weight excluding hydrogens is 568 g/mol. The van der Waals surface area contributed by atoms with Crippen LogP contribution >= 0.6 is 11.3 Å². The number of aromatic nitrogens is 1. The van der Waals surface area contributed by atoms with Crippen molar-refractivity contribution in [1.29, 1.82) is 0 Å². The maximum absolute atomic E-state index is 13.8. The van der Waals surface area contributed by atoms with Crippen molar-refractivity contribution in [3.63, 3.8) is 0 Å². The van der Waals surface area contributed by atoms with Gasteiger partial charge in [-0.3, -0.25) is 19.3 Å². The molecule has 2 fully saturated rings. The number of carbonyl (C=O) groups excluding carboxylic acids is 3. The average molecular weight is 615 g/mol. The number of aliphatic hydroxyl groups excluding tert-OH is 1. The number of likely N-dealkylation sites (tertiary alicyclic amines) is 1. The third kappa shape index (κ3) is 9.29. The van der Waals surface area contributed by atoms with Gasteiger partial charge in [-0.1, -0.05) is 45.0 Å². The lowest BCUT2D eigenvalue weighted by Crippen LogP contribution is -2.57. The number of nitrogens with one attached hydrogen (secondary N) is 3. The molecule has 0 aliphatic carbocycles. The molecule has 4 N–H and O–H groups in total. The minimum absolute atomic E-state index is 0.0391. The van der Waals surface area contributed by atoms with Crippen LogP contribution in [0.3, 0.4) is 0 Å². The third-order valence-corrected chi connectivity index (χ3v) is 8.92. The second-order valence-electron chi connectivity index (χ2n) is 12.4. The van der Waals surface area contributed by atoms with Crippen molar-refractivity contribution in [2.24, 2.45) is 5.41 Å². The number of ether oxygens (including phenoxy) is 1. The molecule has 2 aromatic rings. The first-order valence-electron chi connectivity index (χ1n) is 15.1. The van der Waals surface area contributed by atoms with Crippen LogP contribution in [-0.4, -0.2) is 108 Å². The Kier molecular flexibility index (Phi) is 11.7. The summed E-state index contributed by atoms with van der Waals surface area (Å²) in [6.07, 6.45) is -0.538. The summed E-state index contributed by atoms with van der Waals surface area (Å²) >= 11 is 1.59. The molecule has 2 aliphatic heterocycles. The molecule has 0 radical (unpaired) electrons. The van der Waals surface area contributed by atoms with E-state index in [9.17, 15) is 19.5 Å². The lowest BCUT2D eigenvalue weighted by atomic mass is 9.85. The highest BCUT2D eigenvalue weighted by molar-refractivity contribution is 7.13. The van der Waals surface area contributed by atoms with Crippen LogP contribution in [0.15, 0.2) is 29.8 Å². The number of hydrogen-bond donors (Lipinski definition) is 4. The minimum Gasteiger partial charge on any atom is -0.391 e. The fraction of sp³-hybridized carbons (Fsp3) is 0.613. The van der Waals surface area contributed by atoms with E-state index in [1.165, 1.54) is 4.90 Å². The molecule has 0 saturated carbocycles. The number of amides is 3. The zero-order valence-electron chi connectivity index (χ0n) is 25.7. The summed E-state index contributed by atoms with van der Waals surface area (Å²) in [5, 5.41) is 19.6. The SMILES string of the molecule is Cc1ncsc1-c1ccc(CNC(=O)[C@@H]2C[C@@H](O)CN2C(=O)[C@@H](NC(=O)CCOCCN2CCNCC2)C(C)(C)C)cc1. The monoisotopic (exact) mass is 614 g/mol. The highest BCUT2D eigenvalue weighted by Crippen LogP contribution is 2.28. The van der Waals surface area contributed by atoms with E-state index < -0.39 is 23.6 Å². The first kappa shape index (κ1) is 33.0. The average Bonchev–Trinajstić information content (AvgIpc) is 3.59. The van der Waals surface area contributed by atoms with Crippen molar-refractivity contribution in [3.05, 3.63) is 41.0 Å². The molecule has 2 aliphatic rings. The van der Waals surface area contributed by atoms with E-state index in [2.05, 4.69) is 25.8 Å². The zero-order valence-corrected chi connectivity index (χ0v) is 26.5. The molecule has 0 unspecified atom stereocenters. The van der Waals surface area contributed by atoms with Crippen LogP contribution in [0.1, 0.15) is 44.9 Å². The molecular formula is C31H46N6O5S. The van der Waals surface area contributed by atoms with E-state index in [1.54, 1.807) is 11.3 Å². The van der Waals surface area contributed by atoms with Gasteiger partial charge in [0.05, 0.1) is 35.4 Å². The lowest BCUT2D eigenvalue weighted by molar-refractivity contribution is -0.144. The van der Waals surface area contributed by atoms with Gasteiger partial charge in [-0.2, -0.15) is 0 Å². The highest BCUT2D eigenvalue weighted by Gasteiger charge is 2.44. The van der Waals surface area contributed by atoms with Crippen molar-refractivity contribution in [3.8, 4) is 10.4 Å². The largest absolute Gasteiger partial charge is 0.391 e. The molecule has 236 valence electrons. The van der Waals surface area contributed by atoms with E-state index in [4.69, 9.17) is 4.74 Å². The predicted octanol–water partition coefficient (Wildman–Crippen LogP) is 1.54. The summed E-state index contributed by atoms with van der Waals surface area (Å²) in [4.78, 5) is 49.0. The number of aryl methyl sites for hydroxylation is 1. The van der Waals surface area contributed by atoms with Gasteiger partial charge in [-0.25, -0.2) is 4.98 Å². The Morgan fingerprint density at radius 1 is 1.16 bits per heavy atom. The fourth-order valence-electron chi connectivity index (χ4n) is 5.41. The van der Waals surface area contributed by atoms with E-state index >= 15 is 0 Å². The third-order valence-electron chi connectivity index (χ3n) is 7.95. The number of rotatable bonds is 12. The summed E-state index contributed by atoms with van der Waals surface area (Å²) < 4.78 is 5.68. The Labute approximate surface area is 258 Å². The molecule has 3 heterocycles. The minimum atomic E-state index is -0.857. The molecule has 11 nitrogen and oxygen atoms in total. The first-order valence-corrected chi connectivity index (χ1v) is 16.0. The molecule has 3 amide bonds. The van der Waals surface area contributed by atoms with Gasteiger partial charge in [-0.05, 0) is 23.5 Å². The second kappa shape index (κ2) is 15.2. The summed E-state index contributed by atoms with van der Waals surface area (Å²) in [7, 11) is 0. The number of β-amino-alcohol motifs (C(OH)–C–C–N with tert-alkyl or cyclic N) is 1. The van der Waals surface area contributed by atoms with Crippen LogP contribution in [0.25, 0.3) is 10.4 Å². The maximum atomic E-state index is 13.8. The van der Waals surface area contributed by atoms with Gasteiger partial charge in [0.15, 0.2) is 0 Å². The van der Waals surface area contributed by atoms with Crippen molar-refractivity contribution in [1.82, 2.24) is 30.7 Å². The van der Waals surface area contributed by atoms with Gasteiger partial charge in [-0.15, -0.1) is 11.3 Å². The van der Waals surface area contributed by atoms with E-state index in [1.807, 2.05) is 57.5 Å². The molecule has 0 spiro atoms. The van der Waals surface area contributed by atoms with Crippen LogP contribution in [0.4, 0.5) is 0 Å². The number of nitrogens with zero attached hydrogens (tertiary/aromatic N) is 3. The van der Waals surface area contributed by atoms with Crippen LogP contribution in [-0.2, 0) is 25.7 Å². The molecule has 4 rings (SSSR count). The molecule has 1 aromatic carbocycles. The molecule has 0 bridgehead atoms. The van der Waals surface area contributed by atoms with Gasteiger partial charge in [0.1, 0.15) is 12.1 Å². The summed E-state index contributed by atoms with van der Waals surface area (Å²) in [5.74, 6) is -0.987. The van der Waals surface area contributed by atoms with E-state index in [0.29, 0.717) is 13.2 Å². The quantitative estimate of drug-likeness (QED) is 0.265. The number of aliphatic hydroxyl groups is 1. The van der Waals surface area contributed by atoms with Gasteiger partial charge in [0.2, 0.25) is 17.7 Å². The Morgan fingerprint density at radius 3 is 2.53 bits per heavy atom. The molecule has 1 aromatic heterocycles. The van der Waals surface area contributed by atoms with Gasteiger partial charge < -0.3 is 30.7 Å². The van der Waals surface area contributed by atoms with Crippen LogP contribution in [0.5, 0.6) is 0 Å². The van der Waals surface area contributed by atoms with Crippen molar-refractivity contribution in [2.45, 2.75) is 65.3 Å². The molecule has 12 heteroatoms. The van der Waals surface area contributed by atoms with Gasteiger partial charge >= 0.3 is 0 Å². The van der Waals surface area contributed by atoms with Crippen molar-refractivity contribution in [2.75, 3.05) is 52.5 Å². The van der Waals surface area contributed by atoms with Gasteiger partial charge in [0, 0.05) is 58.7 Å². The number of benzene rings is 1. The maximum Gasteiger partial charge on any atom is 0.246 e. The normalized spacial score (nSPS) is 20.2. The fourth-order valence-corrected chi connectivity index (χ4v) is 6.22. The van der Waals surface area contributed by atoms with Crippen molar-refractivity contribution < 1.29 is 24.2 Å².